The van der Waals surface area contributed by atoms with E-state index in [1.54, 1.807) is 4.90 Å². The van der Waals surface area contributed by atoms with E-state index < -0.39 is 23.3 Å². The van der Waals surface area contributed by atoms with E-state index in [4.69, 9.17) is 4.74 Å². The second-order valence-electron chi connectivity index (χ2n) is 11.6. The van der Waals surface area contributed by atoms with Crippen LogP contribution in [-0.4, -0.2) is 40.4 Å². The third-order valence-electron chi connectivity index (χ3n) is 8.51. The highest BCUT2D eigenvalue weighted by Crippen LogP contribution is 2.60. The summed E-state index contributed by atoms with van der Waals surface area (Å²) in [5.41, 5.74) is -0.416. The number of ether oxygens (including phenoxy) is 1. The largest absolute Gasteiger partial charge is 0.465 e. The zero-order valence-electron chi connectivity index (χ0n) is 19.4. The van der Waals surface area contributed by atoms with E-state index in [9.17, 15) is 14.7 Å². The van der Waals surface area contributed by atoms with Gasteiger partial charge in [-0.3, -0.25) is 0 Å². The maximum atomic E-state index is 13.1. The molecule has 5 aliphatic rings. The summed E-state index contributed by atoms with van der Waals surface area (Å²) in [4.78, 5) is 27.2. The Morgan fingerprint density at radius 3 is 2.16 bits per heavy atom. The molecule has 0 radical (unpaired) electrons. The summed E-state index contributed by atoms with van der Waals surface area (Å²) in [5.74, 6) is 2.97. The molecule has 5 fully saturated rings. The van der Waals surface area contributed by atoms with E-state index in [0.29, 0.717) is 24.8 Å². The molecule has 6 rings (SSSR count). The highest BCUT2D eigenvalue weighted by molar-refractivity contribution is 5.71. The summed E-state index contributed by atoms with van der Waals surface area (Å²) in [6, 6.07) is 9.71. The van der Waals surface area contributed by atoms with Gasteiger partial charge in [-0.15, -0.1) is 0 Å². The van der Waals surface area contributed by atoms with Crippen molar-refractivity contribution in [1.29, 1.82) is 0 Å². The van der Waals surface area contributed by atoms with E-state index in [0.717, 1.165) is 17.4 Å². The number of likely N-dealkylation sites (tertiary alicyclic amines) is 1. The Labute approximate surface area is 190 Å². The first-order valence-corrected chi connectivity index (χ1v) is 12.2. The quantitative estimate of drug-likeness (QED) is 0.674. The van der Waals surface area contributed by atoms with Crippen molar-refractivity contribution >= 4 is 12.2 Å². The molecule has 0 spiro atoms. The molecule has 1 aliphatic heterocycles. The number of carboxylic acid groups (broad SMARTS) is 1. The van der Waals surface area contributed by atoms with Crippen LogP contribution in [0.15, 0.2) is 30.3 Å². The Bertz CT molecular complexity index is 852. The number of nitrogens with zero attached hydrogens (tertiary/aromatic N) is 1. The van der Waals surface area contributed by atoms with Gasteiger partial charge < -0.3 is 20.1 Å². The summed E-state index contributed by atoms with van der Waals surface area (Å²) >= 11 is 0. The van der Waals surface area contributed by atoms with Gasteiger partial charge in [0.05, 0.1) is 11.6 Å². The van der Waals surface area contributed by atoms with E-state index in [2.05, 4.69) is 5.32 Å². The van der Waals surface area contributed by atoms with Gasteiger partial charge in [-0.05, 0) is 94.4 Å². The van der Waals surface area contributed by atoms with Gasteiger partial charge >= 0.3 is 12.2 Å². The van der Waals surface area contributed by atoms with Crippen molar-refractivity contribution in [3.63, 3.8) is 0 Å². The van der Waals surface area contributed by atoms with Crippen LogP contribution in [-0.2, 0) is 10.3 Å². The maximum Gasteiger partial charge on any atom is 0.408 e. The van der Waals surface area contributed by atoms with Crippen LogP contribution < -0.4 is 5.32 Å². The Morgan fingerprint density at radius 2 is 1.62 bits per heavy atom. The number of carbonyl (C=O) groups excluding carboxylic acids is 1. The fourth-order valence-corrected chi connectivity index (χ4v) is 7.83. The molecule has 1 aromatic carbocycles. The number of hydrogen-bond acceptors (Lipinski definition) is 3. The molecule has 1 heterocycles. The second-order valence-corrected chi connectivity index (χ2v) is 11.6. The number of alkyl carbamates (subject to hydrolysis) is 1. The van der Waals surface area contributed by atoms with Crippen molar-refractivity contribution in [3.05, 3.63) is 35.9 Å². The topological polar surface area (TPSA) is 78.9 Å². The van der Waals surface area contributed by atoms with Crippen LogP contribution in [0, 0.1) is 29.6 Å². The summed E-state index contributed by atoms with van der Waals surface area (Å²) in [6.07, 6.45) is 5.40. The van der Waals surface area contributed by atoms with Crippen LogP contribution in [0.5, 0.6) is 0 Å². The monoisotopic (exact) mass is 440 g/mol. The van der Waals surface area contributed by atoms with Crippen LogP contribution in [0.4, 0.5) is 9.59 Å². The lowest BCUT2D eigenvalue weighted by molar-refractivity contribution is -0.0782. The first-order chi connectivity index (χ1) is 15.2. The molecule has 4 bridgehead atoms. The van der Waals surface area contributed by atoms with Crippen LogP contribution in [0.2, 0.25) is 0 Å². The van der Waals surface area contributed by atoms with Crippen LogP contribution in [0.1, 0.15) is 64.9 Å². The highest BCUT2D eigenvalue weighted by Gasteiger charge is 2.61. The minimum atomic E-state index is -0.882. The summed E-state index contributed by atoms with van der Waals surface area (Å²) in [7, 11) is 0. The van der Waals surface area contributed by atoms with Gasteiger partial charge in [0.25, 0.3) is 0 Å². The van der Waals surface area contributed by atoms with E-state index in [1.807, 2.05) is 51.1 Å². The molecule has 6 heteroatoms. The molecule has 6 nitrogen and oxygen atoms in total. The van der Waals surface area contributed by atoms with Crippen molar-refractivity contribution in [2.45, 2.75) is 76.5 Å². The molecular weight excluding hydrogens is 404 g/mol. The Hall–Kier alpha value is -2.24. The lowest BCUT2D eigenvalue weighted by atomic mass is 9.49. The van der Waals surface area contributed by atoms with E-state index in [1.165, 1.54) is 32.1 Å². The van der Waals surface area contributed by atoms with Crippen LogP contribution in [0.25, 0.3) is 0 Å². The number of carbonyl (C=O) groups is 2. The van der Waals surface area contributed by atoms with Gasteiger partial charge in [-0.2, -0.15) is 0 Å². The van der Waals surface area contributed by atoms with Gasteiger partial charge in [0, 0.05) is 6.54 Å². The minimum absolute atomic E-state index is 0.273. The molecule has 0 aromatic heterocycles. The van der Waals surface area contributed by atoms with Crippen LogP contribution in [0.3, 0.4) is 0 Å². The van der Waals surface area contributed by atoms with E-state index in [-0.39, 0.29) is 12.0 Å². The molecule has 2 N–H and O–H groups in total. The standard InChI is InChI=1S/C26H36N2O4/c1-25(2,3)32-23(29)27-26(20-7-5-4-6-8-20)9-10-28(24(30)31)22(26)21-18-12-16-11-17(14-18)15-19(21)13-16/h4-8,16-19,21-22H,9-15H2,1-3H3,(H,27,29)(H,30,31). The summed E-state index contributed by atoms with van der Waals surface area (Å²) < 4.78 is 5.68. The predicted octanol–water partition coefficient (Wildman–Crippen LogP) is 5.23. The van der Waals surface area contributed by atoms with Gasteiger partial charge in [-0.25, -0.2) is 9.59 Å². The third kappa shape index (κ3) is 3.65. The highest BCUT2D eigenvalue weighted by atomic mass is 16.6. The summed E-state index contributed by atoms with van der Waals surface area (Å²) in [6.45, 7) is 5.99. The number of hydrogen-bond donors (Lipinski definition) is 2. The van der Waals surface area contributed by atoms with Crippen molar-refractivity contribution < 1.29 is 19.4 Å². The second kappa shape index (κ2) is 7.67. The van der Waals surface area contributed by atoms with Crippen molar-refractivity contribution in [1.82, 2.24) is 10.2 Å². The lowest BCUT2D eigenvalue weighted by Crippen LogP contribution is -2.63. The number of amides is 2. The average Bonchev–Trinajstić information content (AvgIpc) is 3.06. The smallest absolute Gasteiger partial charge is 0.408 e. The third-order valence-corrected chi connectivity index (χ3v) is 8.51. The van der Waals surface area contributed by atoms with E-state index >= 15 is 0 Å². The SMILES string of the molecule is CC(C)(C)OC(=O)NC1(c2ccccc2)CCN(C(=O)O)C1C1C2CC3CC(C2)CC1C3. The molecule has 4 aliphatic carbocycles. The Morgan fingerprint density at radius 1 is 1.03 bits per heavy atom. The molecule has 1 saturated heterocycles. The predicted molar refractivity (Wildman–Crippen MR) is 121 cm³/mol. The number of nitrogens with one attached hydrogen (secondary N) is 1. The molecule has 4 saturated carbocycles. The average molecular weight is 441 g/mol. The zero-order chi connectivity index (χ0) is 22.7. The molecule has 174 valence electrons. The molecule has 2 unspecified atom stereocenters. The molecule has 1 aromatic rings. The first kappa shape index (κ1) is 21.6. The Kier molecular flexibility index (Phi) is 5.18. The fraction of sp³-hybridized carbons (Fsp3) is 0.692. The van der Waals surface area contributed by atoms with Gasteiger partial charge in [0.15, 0.2) is 0 Å². The van der Waals surface area contributed by atoms with Crippen molar-refractivity contribution in [3.8, 4) is 0 Å². The molecule has 2 amide bonds. The fourth-order valence-electron chi connectivity index (χ4n) is 7.83. The van der Waals surface area contributed by atoms with Gasteiger partial charge in [0.2, 0.25) is 0 Å². The lowest BCUT2D eigenvalue weighted by Gasteiger charge is -2.58. The molecule has 2 atom stereocenters. The minimum Gasteiger partial charge on any atom is -0.465 e. The number of benzene rings is 1. The van der Waals surface area contributed by atoms with Gasteiger partial charge in [-0.1, -0.05) is 30.3 Å². The molecule has 32 heavy (non-hydrogen) atoms. The summed E-state index contributed by atoms with van der Waals surface area (Å²) in [5, 5.41) is 13.5. The zero-order valence-corrected chi connectivity index (χ0v) is 19.4. The normalized spacial score (nSPS) is 38.0. The number of rotatable bonds is 3. The van der Waals surface area contributed by atoms with Crippen LogP contribution >= 0.6 is 0 Å². The first-order valence-electron chi connectivity index (χ1n) is 12.2. The van der Waals surface area contributed by atoms with Crippen molar-refractivity contribution in [2.75, 3.05) is 6.54 Å². The Balaban J connectivity index is 1.58. The molecular formula is C26H36N2O4. The maximum absolute atomic E-state index is 13.1. The van der Waals surface area contributed by atoms with Crippen molar-refractivity contribution in [2.24, 2.45) is 29.6 Å². The van der Waals surface area contributed by atoms with Gasteiger partial charge in [0.1, 0.15) is 5.60 Å².